The molecule has 17 heavy (non-hydrogen) atoms. The van der Waals surface area contributed by atoms with Crippen molar-refractivity contribution in [3.05, 3.63) is 18.2 Å². The molecule has 1 aliphatic rings. The molecular formula is C14H21NO2. The van der Waals surface area contributed by atoms with Crippen LogP contribution in [-0.2, 0) is 0 Å². The van der Waals surface area contributed by atoms with Crippen molar-refractivity contribution in [3.8, 4) is 11.5 Å². The summed E-state index contributed by atoms with van der Waals surface area (Å²) in [7, 11) is 4.05. The number of hydrogen-bond donors (Lipinski definition) is 0. The summed E-state index contributed by atoms with van der Waals surface area (Å²) in [6, 6.07) is 6.10. The fourth-order valence-electron chi connectivity index (χ4n) is 1.58. The number of rotatable bonds is 5. The molecule has 0 saturated heterocycles. The highest BCUT2D eigenvalue weighted by atomic mass is 16.5. The molecule has 0 spiro atoms. The quantitative estimate of drug-likeness (QED) is 0.783. The van der Waals surface area contributed by atoms with Gasteiger partial charge in [-0.2, -0.15) is 0 Å². The summed E-state index contributed by atoms with van der Waals surface area (Å²) in [5.74, 6) is 1.71. The van der Waals surface area contributed by atoms with Crippen LogP contribution in [0.15, 0.2) is 18.2 Å². The summed E-state index contributed by atoms with van der Waals surface area (Å²) < 4.78 is 11.7. The van der Waals surface area contributed by atoms with E-state index >= 15 is 0 Å². The third-order valence-electron chi connectivity index (χ3n) is 2.62. The van der Waals surface area contributed by atoms with Gasteiger partial charge in [0.15, 0.2) is 11.5 Å². The van der Waals surface area contributed by atoms with E-state index in [-0.39, 0.29) is 6.10 Å². The van der Waals surface area contributed by atoms with Crippen molar-refractivity contribution in [1.29, 1.82) is 0 Å². The van der Waals surface area contributed by atoms with Crippen LogP contribution in [0, 0.1) is 0 Å². The van der Waals surface area contributed by atoms with E-state index in [1.54, 1.807) is 0 Å². The monoisotopic (exact) mass is 235 g/mol. The van der Waals surface area contributed by atoms with E-state index in [1.807, 2.05) is 34.0 Å². The van der Waals surface area contributed by atoms with Crippen molar-refractivity contribution in [2.24, 2.45) is 0 Å². The summed E-state index contributed by atoms with van der Waals surface area (Å²) in [6.07, 6.45) is 2.88. The average molecular weight is 235 g/mol. The lowest BCUT2D eigenvalue weighted by Gasteiger charge is -2.18. The van der Waals surface area contributed by atoms with E-state index in [1.165, 1.54) is 0 Å². The predicted octanol–water partition coefficient (Wildman–Crippen LogP) is 3.08. The molecular weight excluding hydrogens is 214 g/mol. The molecule has 0 amide bonds. The first kappa shape index (κ1) is 12.1. The third kappa shape index (κ3) is 3.29. The summed E-state index contributed by atoms with van der Waals surface area (Å²) in [6.45, 7) is 4.06. The van der Waals surface area contributed by atoms with Crippen LogP contribution in [0.3, 0.4) is 0 Å². The van der Waals surface area contributed by atoms with Crippen LogP contribution in [0.1, 0.15) is 26.7 Å². The normalized spacial score (nSPS) is 14.9. The number of hydrogen-bond acceptors (Lipinski definition) is 3. The van der Waals surface area contributed by atoms with E-state index in [0.29, 0.717) is 6.10 Å². The Morgan fingerprint density at radius 2 is 1.88 bits per heavy atom. The van der Waals surface area contributed by atoms with E-state index in [2.05, 4.69) is 17.0 Å². The van der Waals surface area contributed by atoms with Crippen LogP contribution in [0.2, 0.25) is 0 Å². The minimum Gasteiger partial charge on any atom is -0.487 e. The summed E-state index contributed by atoms with van der Waals surface area (Å²) in [5.41, 5.74) is 1.14. The second-order valence-electron chi connectivity index (χ2n) is 5.01. The first-order valence-electron chi connectivity index (χ1n) is 6.21. The minimum absolute atomic E-state index is 0.168. The highest BCUT2D eigenvalue weighted by molar-refractivity contribution is 5.55. The van der Waals surface area contributed by atoms with E-state index in [0.717, 1.165) is 30.0 Å². The van der Waals surface area contributed by atoms with Gasteiger partial charge in [-0.3, -0.25) is 0 Å². The topological polar surface area (TPSA) is 21.7 Å². The lowest BCUT2D eigenvalue weighted by molar-refractivity contribution is 0.217. The Bertz CT molecular complexity index is 384. The lowest BCUT2D eigenvalue weighted by atomic mass is 10.2. The second-order valence-corrected chi connectivity index (χ2v) is 5.01. The van der Waals surface area contributed by atoms with Crippen LogP contribution < -0.4 is 14.4 Å². The zero-order valence-corrected chi connectivity index (χ0v) is 11.1. The molecule has 1 saturated carbocycles. The van der Waals surface area contributed by atoms with Gasteiger partial charge in [0.2, 0.25) is 0 Å². The van der Waals surface area contributed by atoms with Gasteiger partial charge < -0.3 is 14.4 Å². The molecule has 1 fully saturated rings. The predicted molar refractivity (Wildman–Crippen MR) is 70.2 cm³/mol. The van der Waals surface area contributed by atoms with Crippen LogP contribution in [-0.4, -0.2) is 26.3 Å². The Kier molecular flexibility index (Phi) is 3.46. The first-order chi connectivity index (χ1) is 8.06. The molecule has 0 unspecified atom stereocenters. The zero-order chi connectivity index (χ0) is 12.4. The molecule has 0 N–H and O–H groups in total. The molecule has 0 heterocycles. The van der Waals surface area contributed by atoms with Gasteiger partial charge in [0.25, 0.3) is 0 Å². The molecule has 3 nitrogen and oxygen atoms in total. The zero-order valence-electron chi connectivity index (χ0n) is 11.1. The Morgan fingerprint density at radius 3 is 2.41 bits per heavy atom. The third-order valence-corrected chi connectivity index (χ3v) is 2.62. The van der Waals surface area contributed by atoms with Gasteiger partial charge >= 0.3 is 0 Å². The van der Waals surface area contributed by atoms with Gasteiger partial charge in [0.05, 0.1) is 12.2 Å². The SMILES string of the molecule is CC(C)Oc1ccc(N(C)C)cc1OC1CC1. The summed E-state index contributed by atoms with van der Waals surface area (Å²) in [5, 5.41) is 0. The molecule has 0 bridgehead atoms. The fourth-order valence-corrected chi connectivity index (χ4v) is 1.58. The molecule has 94 valence electrons. The van der Waals surface area contributed by atoms with Crippen molar-refractivity contribution in [2.75, 3.05) is 19.0 Å². The maximum atomic E-state index is 5.90. The lowest BCUT2D eigenvalue weighted by Crippen LogP contribution is -2.11. The second kappa shape index (κ2) is 4.86. The molecule has 0 aromatic heterocycles. The minimum atomic E-state index is 0.168. The Labute approximate surface area is 103 Å². The molecule has 0 radical (unpaired) electrons. The highest BCUT2D eigenvalue weighted by Gasteiger charge is 2.25. The fraction of sp³-hybridized carbons (Fsp3) is 0.571. The summed E-state index contributed by atoms with van der Waals surface area (Å²) in [4.78, 5) is 2.07. The maximum absolute atomic E-state index is 5.90. The molecule has 1 aliphatic carbocycles. The van der Waals surface area contributed by atoms with Crippen LogP contribution >= 0.6 is 0 Å². The number of ether oxygens (including phenoxy) is 2. The first-order valence-corrected chi connectivity index (χ1v) is 6.21. The van der Waals surface area contributed by atoms with Crippen LogP contribution in [0.5, 0.6) is 11.5 Å². The van der Waals surface area contributed by atoms with E-state index in [9.17, 15) is 0 Å². The standard InChI is InChI=1S/C14H21NO2/c1-10(2)16-13-8-5-11(15(3)4)9-14(13)17-12-6-7-12/h5,8-10,12H,6-7H2,1-4H3. The number of benzene rings is 1. The smallest absolute Gasteiger partial charge is 0.163 e. The summed E-state index contributed by atoms with van der Waals surface area (Å²) >= 11 is 0. The molecule has 0 atom stereocenters. The average Bonchev–Trinajstić information content (AvgIpc) is 3.03. The molecule has 3 heteroatoms. The Morgan fingerprint density at radius 1 is 1.18 bits per heavy atom. The van der Waals surface area contributed by atoms with Gasteiger partial charge in [-0.05, 0) is 38.8 Å². The highest BCUT2D eigenvalue weighted by Crippen LogP contribution is 2.36. The molecule has 1 aromatic rings. The van der Waals surface area contributed by atoms with E-state index in [4.69, 9.17) is 9.47 Å². The van der Waals surface area contributed by atoms with Crippen LogP contribution in [0.25, 0.3) is 0 Å². The van der Waals surface area contributed by atoms with Crippen molar-refractivity contribution in [3.63, 3.8) is 0 Å². The molecule has 0 aliphatic heterocycles. The number of nitrogens with zero attached hydrogens (tertiary/aromatic N) is 1. The van der Waals surface area contributed by atoms with E-state index < -0.39 is 0 Å². The van der Waals surface area contributed by atoms with Gasteiger partial charge in [-0.15, -0.1) is 0 Å². The van der Waals surface area contributed by atoms with Crippen molar-refractivity contribution in [2.45, 2.75) is 38.9 Å². The maximum Gasteiger partial charge on any atom is 0.163 e. The molecule has 1 aromatic carbocycles. The van der Waals surface area contributed by atoms with Gasteiger partial charge in [-0.1, -0.05) is 0 Å². The van der Waals surface area contributed by atoms with Crippen molar-refractivity contribution >= 4 is 5.69 Å². The van der Waals surface area contributed by atoms with Crippen molar-refractivity contribution < 1.29 is 9.47 Å². The number of anilines is 1. The van der Waals surface area contributed by atoms with Crippen LogP contribution in [0.4, 0.5) is 5.69 Å². The van der Waals surface area contributed by atoms with Gasteiger partial charge in [0, 0.05) is 25.8 Å². The largest absolute Gasteiger partial charge is 0.487 e. The Hall–Kier alpha value is -1.38. The Balaban J connectivity index is 2.22. The van der Waals surface area contributed by atoms with Crippen molar-refractivity contribution in [1.82, 2.24) is 0 Å². The molecule has 2 rings (SSSR count). The van der Waals surface area contributed by atoms with Gasteiger partial charge in [-0.25, -0.2) is 0 Å². The van der Waals surface area contributed by atoms with Gasteiger partial charge in [0.1, 0.15) is 0 Å².